The fourth-order valence-corrected chi connectivity index (χ4v) is 9.51. The average molecular weight is 784 g/mol. The van der Waals surface area contributed by atoms with E-state index in [0.717, 1.165) is 41.3 Å². The van der Waals surface area contributed by atoms with Gasteiger partial charge >= 0.3 is 0 Å². The third-order valence-corrected chi connectivity index (χ3v) is 13.6. The number of rotatable bonds is 12. The summed E-state index contributed by atoms with van der Waals surface area (Å²) in [5.41, 5.74) is 1.23. The first kappa shape index (κ1) is 39.5. The summed E-state index contributed by atoms with van der Waals surface area (Å²) in [6, 6.07) is 16.5. The summed E-state index contributed by atoms with van der Waals surface area (Å²) in [7, 11) is -3.89. The van der Waals surface area contributed by atoms with Gasteiger partial charge in [0.05, 0.1) is 28.9 Å². The fourth-order valence-electron chi connectivity index (χ4n) is 8.15. The molecule has 3 heterocycles. The van der Waals surface area contributed by atoms with Crippen LogP contribution in [-0.2, 0) is 29.2 Å². The number of piperidine rings is 1. The average Bonchev–Trinajstić information content (AvgIpc) is 4.10. The molecular formula is C43H53N5O7S. The van der Waals surface area contributed by atoms with Crippen LogP contribution < -0.4 is 14.8 Å². The second-order valence-corrected chi connectivity index (χ2v) is 19.1. The van der Waals surface area contributed by atoms with Crippen molar-refractivity contribution in [2.45, 2.75) is 102 Å². The number of fused-ring (bicyclic) bond motifs is 1. The lowest BCUT2D eigenvalue weighted by Crippen LogP contribution is -2.57. The zero-order chi connectivity index (χ0) is 40.0. The van der Waals surface area contributed by atoms with Crippen molar-refractivity contribution in [3.8, 4) is 17.0 Å². The first-order chi connectivity index (χ1) is 26.6. The highest BCUT2D eigenvalue weighted by molar-refractivity contribution is 7.91. The summed E-state index contributed by atoms with van der Waals surface area (Å²) in [6.45, 7) is 13.0. The maximum absolute atomic E-state index is 14.9. The van der Waals surface area contributed by atoms with Gasteiger partial charge in [-0.25, -0.2) is 13.4 Å². The summed E-state index contributed by atoms with van der Waals surface area (Å²) in [5.74, 6) is -2.53. The van der Waals surface area contributed by atoms with Gasteiger partial charge in [0.2, 0.25) is 27.7 Å². The van der Waals surface area contributed by atoms with E-state index in [0.29, 0.717) is 37.4 Å². The molecule has 298 valence electrons. The predicted octanol–water partition coefficient (Wildman–Crippen LogP) is 5.29. The molecule has 13 heteroatoms. The monoisotopic (exact) mass is 783 g/mol. The number of amides is 4. The maximum atomic E-state index is 14.9. The molecule has 1 aromatic heterocycles. The van der Waals surface area contributed by atoms with E-state index in [9.17, 15) is 27.6 Å². The number of nitrogens with one attached hydrogen (secondary N) is 2. The Balaban J connectivity index is 1.21. The summed E-state index contributed by atoms with van der Waals surface area (Å²) >= 11 is 0. The van der Waals surface area contributed by atoms with Crippen molar-refractivity contribution >= 4 is 44.6 Å². The predicted molar refractivity (Wildman–Crippen MR) is 214 cm³/mol. The molecule has 4 fully saturated rings. The van der Waals surface area contributed by atoms with Gasteiger partial charge in [-0.2, -0.15) is 0 Å². The molecule has 56 heavy (non-hydrogen) atoms. The summed E-state index contributed by atoms with van der Waals surface area (Å²) in [5, 5.41) is 3.03. The third-order valence-electron chi connectivity index (χ3n) is 11.8. The summed E-state index contributed by atoms with van der Waals surface area (Å²) in [4.78, 5) is 64.9. The van der Waals surface area contributed by atoms with E-state index < -0.39 is 62.0 Å². The zero-order valence-corrected chi connectivity index (χ0v) is 33.6. The van der Waals surface area contributed by atoms with Gasteiger partial charge in [-0.05, 0) is 68.6 Å². The van der Waals surface area contributed by atoms with Crippen LogP contribution in [-0.4, -0.2) is 89.4 Å². The van der Waals surface area contributed by atoms with Crippen molar-refractivity contribution in [2.24, 2.45) is 17.3 Å². The van der Waals surface area contributed by atoms with E-state index in [1.54, 1.807) is 0 Å². The number of carbonyl (C=O) groups excluding carboxylic acids is 4. The normalized spacial score (nSPS) is 24.3. The van der Waals surface area contributed by atoms with Crippen molar-refractivity contribution in [1.29, 1.82) is 0 Å². The highest BCUT2D eigenvalue weighted by atomic mass is 32.2. The molecule has 0 radical (unpaired) electrons. The Bertz CT molecular complexity index is 2140. The van der Waals surface area contributed by atoms with E-state index in [1.807, 2.05) is 87.2 Å². The number of carbonyl (C=O) groups is 4. The van der Waals surface area contributed by atoms with Gasteiger partial charge in [0, 0.05) is 48.9 Å². The lowest BCUT2D eigenvalue weighted by atomic mass is 9.77. The molecule has 2 N–H and O–H groups in total. The SMILES string of the molecule is C=C[C@@H]1C[C@]1(NC(=O)[C@@H]1C[C@@H](Oc2cc(-c3ccccc3)nc3cc(C)ccc23)CN1C(=O)[C@@H](CC(=O)N1CCCCC1)C(C)(C)C)C(=O)NS(=O)(=O)C1CC1. The van der Waals surface area contributed by atoms with Crippen molar-refractivity contribution in [3.05, 3.63) is 72.8 Å². The van der Waals surface area contributed by atoms with Crippen molar-refractivity contribution in [1.82, 2.24) is 24.8 Å². The number of aryl methyl sites for hydroxylation is 1. The number of pyridine rings is 1. The van der Waals surface area contributed by atoms with Crippen molar-refractivity contribution < 1.29 is 32.3 Å². The van der Waals surface area contributed by atoms with Crippen LogP contribution in [0.2, 0.25) is 0 Å². The molecule has 5 atom stereocenters. The highest BCUT2D eigenvalue weighted by Gasteiger charge is 2.62. The Hall–Kier alpha value is -4.78. The van der Waals surface area contributed by atoms with Crippen molar-refractivity contribution in [3.63, 3.8) is 0 Å². The highest BCUT2D eigenvalue weighted by Crippen LogP contribution is 2.46. The van der Waals surface area contributed by atoms with E-state index in [2.05, 4.69) is 16.6 Å². The molecule has 4 amide bonds. The quantitative estimate of drug-likeness (QED) is 0.235. The molecule has 2 aromatic carbocycles. The van der Waals surface area contributed by atoms with Crippen LogP contribution in [0.3, 0.4) is 0 Å². The van der Waals surface area contributed by atoms with Gasteiger partial charge in [0.15, 0.2) is 0 Å². The Morgan fingerprint density at radius 3 is 2.39 bits per heavy atom. The maximum Gasteiger partial charge on any atom is 0.259 e. The minimum atomic E-state index is -3.89. The molecular weight excluding hydrogens is 731 g/mol. The topological polar surface area (TPSA) is 155 Å². The van der Waals surface area contributed by atoms with Crippen LogP contribution in [0.25, 0.3) is 22.2 Å². The molecule has 2 saturated heterocycles. The van der Waals surface area contributed by atoms with Gasteiger partial charge in [0.25, 0.3) is 5.91 Å². The first-order valence-corrected chi connectivity index (χ1v) is 21.4. The van der Waals surface area contributed by atoms with Crippen LogP contribution in [0.1, 0.15) is 77.7 Å². The minimum Gasteiger partial charge on any atom is -0.488 e. The van der Waals surface area contributed by atoms with Crippen LogP contribution in [0.5, 0.6) is 5.75 Å². The summed E-state index contributed by atoms with van der Waals surface area (Å²) < 4.78 is 34.6. The standard InChI is InChI=1S/C43H53N5O7S/c1-6-29-25-43(29,41(52)46-56(53,54)31-16-17-31)45-39(50)36-22-30(26-48(36)40(51)33(42(3,4)5)23-38(49)47-19-11-8-12-20-47)55-37-24-34(28-13-9-7-10-14-28)44-35-21-27(2)15-18-32(35)37/h6-7,9-10,13-15,18,21,24,29-31,33,36H,1,8,11-12,16-17,19-20,22-23,25-26H2,2-5H3,(H,45,50)(H,46,52)/t29-,30-,33-,36+,43-/m1/s1. The second kappa shape index (κ2) is 15.3. The number of aromatic nitrogens is 1. The number of nitrogens with zero attached hydrogens (tertiary/aromatic N) is 3. The molecule has 0 spiro atoms. The Kier molecular flexibility index (Phi) is 10.8. The first-order valence-electron chi connectivity index (χ1n) is 19.8. The molecule has 7 rings (SSSR count). The van der Waals surface area contributed by atoms with Gasteiger partial charge < -0.3 is 19.9 Å². The fraction of sp³-hybridized carbons (Fsp3) is 0.512. The lowest BCUT2D eigenvalue weighted by molar-refractivity contribution is -0.148. The molecule has 0 unspecified atom stereocenters. The van der Waals surface area contributed by atoms with Crippen LogP contribution in [0.15, 0.2) is 67.3 Å². The zero-order valence-electron chi connectivity index (χ0n) is 32.8. The number of benzene rings is 2. The number of sulfonamides is 1. The molecule has 3 aromatic rings. The summed E-state index contributed by atoms with van der Waals surface area (Å²) in [6.07, 6.45) is 5.02. The molecule has 2 aliphatic carbocycles. The largest absolute Gasteiger partial charge is 0.488 e. The number of likely N-dealkylation sites (tertiary alicyclic amines) is 2. The second-order valence-electron chi connectivity index (χ2n) is 17.1. The van der Waals surface area contributed by atoms with Gasteiger partial charge in [-0.3, -0.25) is 23.9 Å². The smallest absolute Gasteiger partial charge is 0.259 e. The minimum absolute atomic E-state index is 0.00260. The van der Waals surface area contributed by atoms with Gasteiger partial charge in [-0.1, -0.05) is 63.2 Å². The number of ether oxygens (including phenoxy) is 1. The Morgan fingerprint density at radius 2 is 1.75 bits per heavy atom. The van der Waals surface area contributed by atoms with E-state index in [4.69, 9.17) is 9.72 Å². The van der Waals surface area contributed by atoms with E-state index in [1.165, 1.54) is 11.0 Å². The Morgan fingerprint density at radius 1 is 1.04 bits per heavy atom. The van der Waals surface area contributed by atoms with E-state index >= 15 is 0 Å². The number of hydrogen-bond donors (Lipinski definition) is 2. The van der Waals surface area contributed by atoms with Gasteiger partial charge in [-0.15, -0.1) is 6.58 Å². The van der Waals surface area contributed by atoms with Crippen molar-refractivity contribution in [2.75, 3.05) is 19.6 Å². The van der Waals surface area contributed by atoms with Crippen LogP contribution in [0.4, 0.5) is 0 Å². The molecule has 2 aliphatic heterocycles. The Labute approximate surface area is 329 Å². The van der Waals surface area contributed by atoms with Crippen LogP contribution >= 0.6 is 0 Å². The molecule has 2 saturated carbocycles. The van der Waals surface area contributed by atoms with Crippen LogP contribution in [0, 0.1) is 24.2 Å². The molecule has 4 aliphatic rings. The molecule has 0 bridgehead atoms. The molecule has 12 nitrogen and oxygen atoms in total. The third kappa shape index (κ3) is 8.19. The van der Waals surface area contributed by atoms with E-state index in [-0.39, 0.29) is 37.6 Å². The lowest BCUT2D eigenvalue weighted by Gasteiger charge is -2.36. The number of hydrogen-bond acceptors (Lipinski definition) is 8. The van der Waals surface area contributed by atoms with Gasteiger partial charge in [0.1, 0.15) is 23.4 Å².